The molecule has 0 aliphatic carbocycles. The summed E-state index contributed by atoms with van der Waals surface area (Å²) in [6.07, 6.45) is 3.72. The van der Waals surface area contributed by atoms with Crippen LogP contribution in [0, 0.1) is 0 Å². The number of ether oxygens (including phenoxy) is 1. The van der Waals surface area contributed by atoms with Gasteiger partial charge in [-0.3, -0.25) is 4.79 Å². The highest BCUT2D eigenvalue weighted by molar-refractivity contribution is 5.92. The van der Waals surface area contributed by atoms with Crippen molar-refractivity contribution in [2.45, 2.75) is 19.4 Å². The van der Waals surface area contributed by atoms with Crippen LogP contribution >= 0.6 is 0 Å². The molecule has 0 unspecified atom stereocenters. The number of nitrogens with one attached hydrogen (secondary N) is 1. The van der Waals surface area contributed by atoms with Crippen molar-refractivity contribution in [2.24, 2.45) is 0 Å². The quantitative estimate of drug-likeness (QED) is 0.705. The molecule has 1 fully saturated rings. The van der Waals surface area contributed by atoms with E-state index in [-0.39, 0.29) is 5.91 Å². The summed E-state index contributed by atoms with van der Waals surface area (Å²) < 4.78 is 5.80. The Hall–Kier alpha value is -3.41. The summed E-state index contributed by atoms with van der Waals surface area (Å²) in [5, 5.41) is 3.14. The van der Waals surface area contributed by atoms with Crippen molar-refractivity contribution in [3.63, 3.8) is 0 Å². The number of benzene rings is 2. The molecule has 1 aromatic heterocycles. The Morgan fingerprint density at radius 1 is 1.00 bits per heavy atom. The van der Waals surface area contributed by atoms with Crippen molar-refractivity contribution in [3.8, 4) is 5.75 Å². The molecule has 1 aliphatic rings. The largest absolute Gasteiger partial charge is 0.489 e. The van der Waals surface area contributed by atoms with E-state index in [1.807, 2.05) is 59.5 Å². The van der Waals surface area contributed by atoms with Gasteiger partial charge in [-0.1, -0.05) is 30.3 Å². The van der Waals surface area contributed by atoms with Gasteiger partial charge in [-0.05, 0) is 48.7 Å². The number of hydrogen-bond acceptors (Lipinski definition) is 5. The number of rotatable bonds is 6. The van der Waals surface area contributed by atoms with E-state index < -0.39 is 0 Å². The normalized spacial score (nSPS) is 13.4. The average molecular weight is 374 g/mol. The molecule has 4 rings (SSSR count). The molecule has 142 valence electrons. The SMILES string of the molecule is O=C(c1ccnc(Nc2ccc(OCc3ccccc3)cc2)n1)N1CCCC1. The van der Waals surface area contributed by atoms with Crippen molar-refractivity contribution in [1.82, 2.24) is 14.9 Å². The molecule has 1 amide bonds. The van der Waals surface area contributed by atoms with Crippen LogP contribution in [0.2, 0.25) is 0 Å². The second kappa shape index (κ2) is 8.52. The van der Waals surface area contributed by atoms with E-state index in [2.05, 4.69) is 15.3 Å². The first-order chi connectivity index (χ1) is 13.8. The second-order valence-electron chi connectivity index (χ2n) is 6.69. The van der Waals surface area contributed by atoms with E-state index in [9.17, 15) is 4.79 Å². The van der Waals surface area contributed by atoms with Crippen molar-refractivity contribution in [1.29, 1.82) is 0 Å². The summed E-state index contributed by atoms with van der Waals surface area (Å²) in [5.41, 5.74) is 2.37. The molecule has 0 radical (unpaired) electrons. The minimum Gasteiger partial charge on any atom is -0.489 e. The molecular weight excluding hydrogens is 352 g/mol. The minimum absolute atomic E-state index is 0.0346. The second-order valence-corrected chi connectivity index (χ2v) is 6.69. The van der Waals surface area contributed by atoms with Crippen LogP contribution in [0.4, 0.5) is 11.6 Å². The van der Waals surface area contributed by atoms with E-state index in [4.69, 9.17) is 4.74 Å². The van der Waals surface area contributed by atoms with Crippen molar-refractivity contribution < 1.29 is 9.53 Å². The van der Waals surface area contributed by atoms with Crippen LogP contribution in [-0.4, -0.2) is 33.9 Å². The zero-order valence-corrected chi connectivity index (χ0v) is 15.5. The van der Waals surface area contributed by atoms with Gasteiger partial charge >= 0.3 is 0 Å². The molecule has 1 aliphatic heterocycles. The zero-order valence-electron chi connectivity index (χ0n) is 15.5. The Morgan fingerprint density at radius 3 is 2.50 bits per heavy atom. The van der Waals surface area contributed by atoms with E-state index in [0.717, 1.165) is 42.9 Å². The van der Waals surface area contributed by atoms with Gasteiger partial charge in [0, 0.05) is 25.0 Å². The molecular formula is C22H22N4O2. The van der Waals surface area contributed by atoms with Gasteiger partial charge in [0.1, 0.15) is 18.1 Å². The summed E-state index contributed by atoms with van der Waals surface area (Å²) in [5.74, 6) is 1.16. The topological polar surface area (TPSA) is 67.3 Å². The Morgan fingerprint density at radius 2 is 1.75 bits per heavy atom. The molecule has 0 saturated carbocycles. The third kappa shape index (κ3) is 4.46. The third-order valence-corrected chi connectivity index (χ3v) is 4.63. The van der Waals surface area contributed by atoms with Gasteiger partial charge in [0.2, 0.25) is 5.95 Å². The fourth-order valence-electron chi connectivity index (χ4n) is 3.12. The molecule has 0 spiro atoms. The highest BCUT2D eigenvalue weighted by Crippen LogP contribution is 2.20. The molecule has 0 bridgehead atoms. The van der Waals surface area contributed by atoms with E-state index in [1.54, 1.807) is 12.3 Å². The van der Waals surface area contributed by atoms with Gasteiger partial charge in [-0.25, -0.2) is 9.97 Å². The number of carbonyl (C=O) groups is 1. The Labute approximate surface area is 164 Å². The molecule has 2 aromatic carbocycles. The molecule has 28 heavy (non-hydrogen) atoms. The first-order valence-corrected chi connectivity index (χ1v) is 9.44. The van der Waals surface area contributed by atoms with Gasteiger partial charge in [-0.15, -0.1) is 0 Å². The van der Waals surface area contributed by atoms with Gasteiger partial charge in [0.25, 0.3) is 5.91 Å². The van der Waals surface area contributed by atoms with Crippen molar-refractivity contribution in [2.75, 3.05) is 18.4 Å². The summed E-state index contributed by atoms with van der Waals surface area (Å²) in [6, 6.07) is 19.3. The Kier molecular flexibility index (Phi) is 5.47. The monoisotopic (exact) mass is 374 g/mol. The van der Waals surface area contributed by atoms with Crippen molar-refractivity contribution in [3.05, 3.63) is 78.1 Å². The van der Waals surface area contributed by atoms with Crippen LogP contribution in [0.25, 0.3) is 0 Å². The predicted octanol–water partition coefficient (Wildman–Crippen LogP) is 4.04. The molecule has 6 nitrogen and oxygen atoms in total. The van der Waals surface area contributed by atoms with Gasteiger partial charge in [-0.2, -0.15) is 0 Å². The maximum atomic E-state index is 12.5. The van der Waals surface area contributed by atoms with E-state index >= 15 is 0 Å². The lowest BCUT2D eigenvalue weighted by Crippen LogP contribution is -2.28. The molecule has 1 N–H and O–H groups in total. The molecule has 6 heteroatoms. The third-order valence-electron chi connectivity index (χ3n) is 4.63. The summed E-state index contributed by atoms with van der Waals surface area (Å²) in [4.78, 5) is 22.9. The average Bonchev–Trinajstić information content (AvgIpc) is 3.29. The number of likely N-dealkylation sites (tertiary alicyclic amines) is 1. The molecule has 3 aromatic rings. The summed E-state index contributed by atoms with van der Waals surface area (Å²) >= 11 is 0. The van der Waals surface area contributed by atoms with Crippen LogP contribution in [0.5, 0.6) is 5.75 Å². The minimum atomic E-state index is -0.0346. The fraction of sp³-hybridized carbons (Fsp3) is 0.227. The van der Waals surface area contributed by atoms with Crippen LogP contribution < -0.4 is 10.1 Å². The molecule has 1 saturated heterocycles. The van der Waals surface area contributed by atoms with Crippen LogP contribution in [-0.2, 0) is 6.61 Å². The standard InChI is InChI=1S/C22H22N4O2/c27-21(26-14-4-5-15-26)20-12-13-23-22(25-20)24-18-8-10-19(11-9-18)28-16-17-6-2-1-3-7-17/h1-3,6-13H,4-5,14-16H2,(H,23,24,25). The summed E-state index contributed by atoms with van der Waals surface area (Å²) in [6.45, 7) is 2.13. The number of hydrogen-bond donors (Lipinski definition) is 1. The van der Waals surface area contributed by atoms with Gasteiger partial charge in [0.15, 0.2) is 0 Å². The van der Waals surface area contributed by atoms with Crippen molar-refractivity contribution >= 4 is 17.5 Å². The smallest absolute Gasteiger partial charge is 0.272 e. The first kappa shape index (κ1) is 18.0. The van der Waals surface area contributed by atoms with Crippen LogP contribution in [0.3, 0.4) is 0 Å². The van der Waals surface area contributed by atoms with Crippen LogP contribution in [0.15, 0.2) is 66.9 Å². The summed E-state index contributed by atoms with van der Waals surface area (Å²) in [7, 11) is 0. The lowest BCUT2D eigenvalue weighted by Gasteiger charge is -2.14. The number of aromatic nitrogens is 2. The number of nitrogens with zero attached hydrogens (tertiary/aromatic N) is 3. The first-order valence-electron chi connectivity index (χ1n) is 9.44. The van der Waals surface area contributed by atoms with E-state index in [0.29, 0.717) is 18.2 Å². The fourth-order valence-corrected chi connectivity index (χ4v) is 3.12. The van der Waals surface area contributed by atoms with Gasteiger partial charge < -0.3 is 15.0 Å². The van der Waals surface area contributed by atoms with Gasteiger partial charge in [0.05, 0.1) is 0 Å². The highest BCUT2D eigenvalue weighted by Gasteiger charge is 2.20. The Bertz CT molecular complexity index is 923. The lowest BCUT2D eigenvalue weighted by molar-refractivity contribution is 0.0787. The Balaban J connectivity index is 1.37. The zero-order chi connectivity index (χ0) is 19.2. The predicted molar refractivity (Wildman–Crippen MR) is 108 cm³/mol. The molecule has 0 atom stereocenters. The number of carbonyl (C=O) groups excluding carboxylic acids is 1. The maximum Gasteiger partial charge on any atom is 0.272 e. The van der Waals surface area contributed by atoms with E-state index in [1.165, 1.54) is 0 Å². The lowest BCUT2D eigenvalue weighted by atomic mass is 10.2. The number of anilines is 2. The highest BCUT2D eigenvalue weighted by atomic mass is 16.5. The number of amides is 1. The maximum absolute atomic E-state index is 12.5. The van der Waals surface area contributed by atoms with Crippen LogP contribution in [0.1, 0.15) is 28.9 Å². The molecule has 2 heterocycles.